The summed E-state index contributed by atoms with van der Waals surface area (Å²) in [7, 11) is 0. The standard InChI is InChI=1S/C21H21ClN4OS/c1-3-13-23-20(27)15(2)28-21-25-24-19(17-11-7-8-12-18(17)22)26(21)14-16-9-5-4-6-10-16/h3-12,15H,1,13-14H2,2H3,(H,23,27)/t15-/m1/s1. The zero-order valence-electron chi connectivity index (χ0n) is 15.5. The van der Waals surface area contributed by atoms with Gasteiger partial charge in [-0.15, -0.1) is 16.8 Å². The van der Waals surface area contributed by atoms with Crippen LogP contribution in [0, 0.1) is 0 Å². The molecule has 0 aliphatic rings. The van der Waals surface area contributed by atoms with Crippen molar-refractivity contribution in [2.75, 3.05) is 6.54 Å². The van der Waals surface area contributed by atoms with Crippen LogP contribution in [0.25, 0.3) is 11.4 Å². The lowest BCUT2D eigenvalue weighted by atomic mass is 10.2. The minimum absolute atomic E-state index is 0.0709. The predicted octanol–water partition coefficient (Wildman–Crippen LogP) is 4.43. The molecule has 0 bridgehead atoms. The fourth-order valence-corrected chi connectivity index (χ4v) is 3.75. The maximum Gasteiger partial charge on any atom is 0.233 e. The highest BCUT2D eigenvalue weighted by atomic mass is 35.5. The quantitative estimate of drug-likeness (QED) is 0.439. The number of rotatable bonds is 8. The van der Waals surface area contributed by atoms with E-state index in [0.717, 1.165) is 11.1 Å². The Morgan fingerprint density at radius 3 is 2.64 bits per heavy atom. The van der Waals surface area contributed by atoms with Crippen molar-refractivity contribution >= 4 is 29.3 Å². The number of hydrogen-bond acceptors (Lipinski definition) is 4. The van der Waals surface area contributed by atoms with Gasteiger partial charge in [0.15, 0.2) is 11.0 Å². The third-order valence-corrected chi connectivity index (χ3v) is 5.50. The van der Waals surface area contributed by atoms with Crippen LogP contribution < -0.4 is 5.32 Å². The maximum absolute atomic E-state index is 12.2. The molecule has 3 aromatic rings. The molecule has 7 heteroatoms. The third kappa shape index (κ3) is 4.82. The Morgan fingerprint density at radius 2 is 1.93 bits per heavy atom. The maximum atomic E-state index is 12.2. The number of thioether (sulfide) groups is 1. The van der Waals surface area contributed by atoms with E-state index in [-0.39, 0.29) is 11.2 Å². The van der Waals surface area contributed by atoms with Gasteiger partial charge in [-0.2, -0.15) is 0 Å². The van der Waals surface area contributed by atoms with Crippen molar-refractivity contribution in [3.8, 4) is 11.4 Å². The van der Waals surface area contributed by atoms with Gasteiger partial charge in [-0.25, -0.2) is 0 Å². The number of aromatic nitrogens is 3. The summed E-state index contributed by atoms with van der Waals surface area (Å²) in [5, 5.41) is 12.5. The largest absolute Gasteiger partial charge is 0.352 e. The molecule has 0 spiro atoms. The van der Waals surface area contributed by atoms with Gasteiger partial charge in [0, 0.05) is 12.1 Å². The van der Waals surface area contributed by atoms with E-state index in [1.54, 1.807) is 6.08 Å². The van der Waals surface area contributed by atoms with Crippen molar-refractivity contribution in [1.29, 1.82) is 0 Å². The van der Waals surface area contributed by atoms with Gasteiger partial charge in [0.25, 0.3) is 0 Å². The lowest BCUT2D eigenvalue weighted by molar-refractivity contribution is -0.120. The van der Waals surface area contributed by atoms with E-state index in [4.69, 9.17) is 11.6 Å². The molecule has 1 atom stereocenters. The summed E-state index contributed by atoms with van der Waals surface area (Å²) < 4.78 is 2.00. The second kappa shape index (κ2) is 9.57. The molecule has 0 saturated heterocycles. The van der Waals surface area contributed by atoms with Gasteiger partial charge in [0.1, 0.15) is 0 Å². The SMILES string of the molecule is C=CCNC(=O)[C@@H](C)Sc1nnc(-c2ccccc2Cl)n1Cc1ccccc1. The first-order valence-electron chi connectivity index (χ1n) is 8.87. The van der Waals surface area contributed by atoms with Gasteiger partial charge in [-0.1, -0.05) is 71.9 Å². The van der Waals surface area contributed by atoms with Gasteiger partial charge in [-0.3, -0.25) is 9.36 Å². The molecule has 5 nitrogen and oxygen atoms in total. The van der Waals surface area contributed by atoms with E-state index in [1.807, 2.05) is 66.1 Å². The van der Waals surface area contributed by atoms with Crippen LogP contribution in [0.5, 0.6) is 0 Å². The van der Waals surface area contributed by atoms with Gasteiger partial charge in [0.2, 0.25) is 5.91 Å². The molecule has 0 fully saturated rings. The summed E-state index contributed by atoms with van der Waals surface area (Å²) in [6.45, 7) is 6.49. The van der Waals surface area contributed by atoms with E-state index in [9.17, 15) is 4.79 Å². The minimum Gasteiger partial charge on any atom is -0.352 e. The van der Waals surface area contributed by atoms with Crippen molar-refractivity contribution in [2.24, 2.45) is 0 Å². The predicted molar refractivity (Wildman–Crippen MR) is 115 cm³/mol. The molecule has 1 heterocycles. The minimum atomic E-state index is -0.322. The average Bonchev–Trinajstić information content (AvgIpc) is 3.09. The fraction of sp³-hybridized carbons (Fsp3) is 0.190. The summed E-state index contributed by atoms with van der Waals surface area (Å²) in [6, 6.07) is 17.6. The molecule has 3 rings (SSSR count). The van der Waals surface area contributed by atoms with E-state index < -0.39 is 0 Å². The molecule has 0 unspecified atom stereocenters. The molecule has 28 heavy (non-hydrogen) atoms. The van der Waals surface area contributed by atoms with Crippen molar-refractivity contribution in [2.45, 2.75) is 23.9 Å². The Hall–Kier alpha value is -2.57. The average molecular weight is 413 g/mol. The van der Waals surface area contributed by atoms with E-state index in [2.05, 4.69) is 22.1 Å². The number of carbonyl (C=O) groups excluding carboxylic acids is 1. The Bertz CT molecular complexity index is 958. The zero-order chi connectivity index (χ0) is 19.9. The Kier molecular flexibility index (Phi) is 6.90. The molecule has 0 saturated carbocycles. The van der Waals surface area contributed by atoms with E-state index in [0.29, 0.717) is 29.1 Å². The smallest absolute Gasteiger partial charge is 0.233 e. The topological polar surface area (TPSA) is 59.8 Å². The summed E-state index contributed by atoms with van der Waals surface area (Å²) in [4.78, 5) is 12.2. The van der Waals surface area contributed by atoms with Crippen molar-refractivity contribution in [3.05, 3.63) is 77.8 Å². The second-order valence-electron chi connectivity index (χ2n) is 6.15. The lowest BCUT2D eigenvalue weighted by Crippen LogP contribution is -2.31. The van der Waals surface area contributed by atoms with E-state index >= 15 is 0 Å². The van der Waals surface area contributed by atoms with Crippen LogP contribution in [0.3, 0.4) is 0 Å². The zero-order valence-corrected chi connectivity index (χ0v) is 17.1. The van der Waals surface area contributed by atoms with Crippen molar-refractivity contribution < 1.29 is 4.79 Å². The first-order chi connectivity index (χ1) is 13.6. The monoisotopic (exact) mass is 412 g/mol. The third-order valence-electron chi connectivity index (χ3n) is 4.09. The Labute approximate surface area is 173 Å². The van der Waals surface area contributed by atoms with Crippen molar-refractivity contribution in [3.63, 3.8) is 0 Å². The van der Waals surface area contributed by atoms with E-state index in [1.165, 1.54) is 11.8 Å². The van der Waals surface area contributed by atoms with Crippen LogP contribution in [-0.2, 0) is 11.3 Å². The highest BCUT2D eigenvalue weighted by molar-refractivity contribution is 8.00. The van der Waals surface area contributed by atoms with Gasteiger partial charge < -0.3 is 5.32 Å². The van der Waals surface area contributed by atoms with Crippen LogP contribution in [0.1, 0.15) is 12.5 Å². The molecule has 0 aliphatic heterocycles. The number of nitrogens with zero attached hydrogens (tertiary/aromatic N) is 3. The molecule has 1 N–H and O–H groups in total. The Morgan fingerprint density at radius 1 is 1.21 bits per heavy atom. The fourth-order valence-electron chi connectivity index (χ4n) is 2.65. The molecule has 1 aromatic heterocycles. The normalized spacial score (nSPS) is 11.8. The van der Waals surface area contributed by atoms with Crippen LogP contribution in [0.2, 0.25) is 5.02 Å². The highest BCUT2D eigenvalue weighted by Gasteiger charge is 2.21. The number of carbonyl (C=O) groups is 1. The first-order valence-corrected chi connectivity index (χ1v) is 10.1. The lowest BCUT2D eigenvalue weighted by Gasteiger charge is -2.14. The van der Waals surface area contributed by atoms with Crippen LogP contribution in [-0.4, -0.2) is 32.5 Å². The molecule has 0 radical (unpaired) electrons. The van der Waals surface area contributed by atoms with Crippen LogP contribution in [0.4, 0.5) is 0 Å². The van der Waals surface area contributed by atoms with Gasteiger partial charge >= 0.3 is 0 Å². The second-order valence-corrected chi connectivity index (χ2v) is 7.87. The molecule has 0 aliphatic carbocycles. The molecule has 144 valence electrons. The molecule has 1 amide bonds. The van der Waals surface area contributed by atoms with Gasteiger partial charge in [0.05, 0.1) is 16.8 Å². The van der Waals surface area contributed by atoms with Crippen LogP contribution in [0.15, 0.2) is 72.4 Å². The first kappa shape index (κ1) is 20.2. The summed E-state index contributed by atoms with van der Waals surface area (Å²) in [5.74, 6) is 0.606. The number of hydrogen-bond donors (Lipinski definition) is 1. The highest BCUT2D eigenvalue weighted by Crippen LogP contribution is 2.31. The summed E-state index contributed by atoms with van der Waals surface area (Å²) in [6.07, 6.45) is 1.66. The number of amides is 1. The molecular weight excluding hydrogens is 392 g/mol. The molecular formula is C21H21ClN4OS. The van der Waals surface area contributed by atoms with Gasteiger partial charge in [-0.05, 0) is 24.6 Å². The number of benzene rings is 2. The van der Waals surface area contributed by atoms with Crippen molar-refractivity contribution in [1.82, 2.24) is 20.1 Å². The molecule has 2 aromatic carbocycles. The number of halogens is 1. The summed E-state index contributed by atoms with van der Waals surface area (Å²) >= 11 is 7.76. The Balaban J connectivity index is 1.95. The number of nitrogens with one attached hydrogen (secondary N) is 1. The van der Waals surface area contributed by atoms with Crippen LogP contribution >= 0.6 is 23.4 Å². The summed E-state index contributed by atoms with van der Waals surface area (Å²) in [5.41, 5.74) is 1.92.